The van der Waals surface area contributed by atoms with Crippen LogP contribution in [0.15, 0.2) is 89.4 Å². The molecule has 1 fully saturated rings. The van der Waals surface area contributed by atoms with Crippen molar-refractivity contribution in [2.24, 2.45) is 0 Å². The van der Waals surface area contributed by atoms with Gasteiger partial charge in [0.05, 0.1) is 6.04 Å². The molecule has 4 nitrogen and oxygen atoms in total. The number of urea groups is 1. The van der Waals surface area contributed by atoms with Crippen LogP contribution in [0.1, 0.15) is 17.2 Å². The van der Waals surface area contributed by atoms with Crippen molar-refractivity contribution >= 4 is 27.6 Å². The fraction of sp³-hybridized carbons (Fsp3) is 0.208. The second kappa shape index (κ2) is 9.25. The fourth-order valence-corrected chi connectivity index (χ4v) is 4.07. The lowest BCUT2D eigenvalue weighted by Gasteiger charge is -2.39. The van der Waals surface area contributed by atoms with Gasteiger partial charge in [-0.2, -0.15) is 0 Å². The number of para-hydroxylation sites is 1. The number of nitrogens with one attached hydrogen (secondary N) is 1. The van der Waals surface area contributed by atoms with Gasteiger partial charge in [-0.15, -0.1) is 0 Å². The van der Waals surface area contributed by atoms with E-state index in [9.17, 15) is 4.79 Å². The highest BCUT2D eigenvalue weighted by molar-refractivity contribution is 9.10. The maximum absolute atomic E-state index is 12.6. The molecule has 1 saturated heterocycles. The highest BCUT2D eigenvalue weighted by atomic mass is 79.9. The largest absolute Gasteiger partial charge is 0.322 e. The van der Waals surface area contributed by atoms with Crippen molar-refractivity contribution in [3.05, 3.63) is 101 Å². The molecule has 0 bridgehead atoms. The Morgan fingerprint density at radius 3 is 1.93 bits per heavy atom. The van der Waals surface area contributed by atoms with Crippen molar-refractivity contribution < 1.29 is 4.79 Å². The molecular formula is C24H24BrN3O. The van der Waals surface area contributed by atoms with E-state index in [0.717, 1.165) is 23.2 Å². The minimum atomic E-state index is -0.0317. The second-order valence-electron chi connectivity index (χ2n) is 7.18. The van der Waals surface area contributed by atoms with Crippen LogP contribution in [0, 0.1) is 0 Å². The molecule has 5 heteroatoms. The summed E-state index contributed by atoms with van der Waals surface area (Å²) in [5.41, 5.74) is 3.37. The summed E-state index contributed by atoms with van der Waals surface area (Å²) in [6.07, 6.45) is 0. The molecular weight excluding hydrogens is 426 g/mol. The average molecular weight is 450 g/mol. The van der Waals surface area contributed by atoms with Crippen LogP contribution in [0.5, 0.6) is 0 Å². The Labute approximate surface area is 180 Å². The van der Waals surface area contributed by atoms with E-state index in [0.29, 0.717) is 13.1 Å². The van der Waals surface area contributed by atoms with E-state index in [1.54, 1.807) is 0 Å². The number of benzene rings is 3. The minimum Gasteiger partial charge on any atom is -0.322 e. The van der Waals surface area contributed by atoms with E-state index in [1.165, 1.54) is 11.1 Å². The summed E-state index contributed by atoms with van der Waals surface area (Å²) >= 11 is 3.53. The van der Waals surface area contributed by atoms with Crippen molar-refractivity contribution in [1.29, 1.82) is 0 Å². The first kappa shape index (κ1) is 19.7. The number of hydrogen-bond acceptors (Lipinski definition) is 2. The zero-order valence-corrected chi connectivity index (χ0v) is 17.8. The van der Waals surface area contributed by atoms with E-state index < -0.39 is 0 Å². The van der Waals surface area contributed by atoms with Crippen LogP contribution in [-0.4, -0.2) is 42.0 Å². The molecule has 0 aliphatic carbocycles. The summed E-state index contributed by atoms with van der Waals surface area (Å²) in [4.78, 5) is 17.0. The molecule has 0 radical (unpaired) electrons. The van der Waals surface area contributed by atoms with Gasteiger partial charge in [0.1, 0.15) is 0 Å². The van der Waals surface area contributed by atoms with Gasteiger partial charge in [0.2, 0.25) is 0 Å². The molecule has 29 heavy (non-hydrogen) atoms. The molecule has 1 aliphatic heterocycles. The van der Waals surface area contributed by atoms with Crippen molar-refractivity contribution in [3.8, 4) is 0 Å². The number of amides is 2. The number of rotatable bonds is 4. The number of nitrogens with zero attached hydrogens (tertiary/aromatic N) is 2. The van der Waals surface area contributed by atoms with Gasteiger partial charge in [0.25, 0.3) is 0 Å². The first-order chi connectivity index (χ1) is 14.2. The molecule has 148 valence electrons. The lowest BCUT2D eigenvalue weighted by Crippen LogP contribution is -2.51. The van der Waals surface area contributed by atoms with Gasteiger partial charge >= 0.3 is 6.03 Å². The zero-order valence-electron chi connectivity index (χ0n) is 16.2. The SMILES string of the molecule is O=C(Nc1ccccc1)N1CCN(C(c2ccccc2)c2ccc(Br)cc2)CC1. The third-order valence-corrected chi connectivity index (χ3v) is 5.82. The maximum Gasteiger partial charge on any atom is 0.321 e. The van der Waals surface area contributed by atoms with E-state index in [-0.39, 0.29) is 12.1 Å². The molecule has 0 aromatic heterocycles. The van der Waals surface area contributed by atoms with Gasteiger partial charge < -0.3 is 10.2 Å². The van der Waals surface area contributed by atoms with E-state index >= 15 is 0 Å². The summed E-state index contributed by atoms with van der Waals surface area (Å²) in [6, 6.07) is 28.9. The van der Waals surface area contributed by atoms with Crippen molar-refractivity contribution in [2.75, 3.05) is 31.5 Å². The Morgan fingerprint density at radius 1 is 0.759 bits per heavy atom. The van der Waals surface area contributed by atoms with Crippen LogP contribution in [0.2, 0.25) is 0 Å². The van der Waals surface area contributed by atoms with Crippen LogP contribution in [0.3, 0.4) is 0 Å². The van der Waals surface area contributed by atoms with Crippen molar-refractivity contribution in [1.82, 2.24) is 9.80 Å². The van der Waals surface area contributed by atoms with Crippen LogP contribution < -0.4 is 5.32 Å². The van der Waals surface area contributed by atoms with E-state index in [4.69, 9.17) is 0 Å². The van der Waals surface area contributed by atoms with Gasteiger partial charge in [0.15, 0.2) is 0 Å². The Hall–Kier alpha value is -2.63. The van der Waals surface area contributed by atoms with Gasteiger partial charge in [-0.05, 0) is 35.4 Å². The van der Waals surface area contributed by atoms with Crippen LogP contribution in [0.25, 0.3) is 0 Å². The Morgan fingerprint density at radius 2 is 1.31 bits per heavy atom. The molecule has 1 aliphatic rings. The van der Waals surface area contributed by atoms with Crippen molar-refractivity contribution in [2.45, 2.75) is 6.04 Å². The average Bonchev–Trinajstić information content (AvgIpc) is 2.77. The van der Waals surface area contributed by atoms with Crippen LogP contribution in [0.4, 0.5) is 10.5 Å². The minimum absolute atomic E-state index is 0.0317. The number of hydrogen-bond donors (Lipinski definition) is 1. The summed E-state index contributed by atoms with van der Waals surface area (Å²) in [7, 11) is 0. The Kier molecular flexibility index (Phi) is 6.27. The predicted molar refractivity (Wildman–Crippen MR) is 121 cm³/mol. The monoisotopic (exact) mass is 449 g/mol. The second-order valence-corrected chi connectivity index (χ2v) is 8.10. The molecule has 0 saturated carbocycles. The van der Waals surface area contributed by atoms with Gasteiger partial charge in [-0.1, -0.05) is 76.6 Å². The lowest BCUT2D eigenvalue weighted by molar-refractivity contribution is 0.126. The standard InChI is InChI=1S/C24H24BrN3O/c25-21-13-11-20(12-14-21)23(19-7-3-1-4-8-19)27-15-17-28(18-16-27)24(29)26-22-9-5-2-6-10-22/h1-14,23H,15-18H2,(H,26,29). The smallest absolute Gasteiger partial charge is 0.321 e. The van der Waals surface area contributed by atoms with Gasteiger partial charge in [-0.25, -0.2) is 4.79 Å². The number of anilines is 1. The summed E-state index contributed by atoms with van der Waals surface area (Å²) < 4.78 is 1.08. The molecule has 3 aromatic carbocycles. The maximum atomic E-state index is 12.6. The molecule has 3 aromatic rings. The fourth-order valence-electron chi connectivity index (χ4n) is 3.80. The quantitative estimate of drug-likeness (QED) is 0.579. The Balaban J connectivity index is 1.47. The molecule has 1 heterocycles. The predicted octanol–water partition coefficient (Wildman–Crippen LogP) is 5.39. The van der Waals surface area contributed by atoms with Crippen LogP contribution >= 0.6 is 15.9 Å². The molecule has 1 atom stereocenters. The zero-order chi connectivity index (χ0) is 20.1. The molecule has 4 rings (SSSR count). The molecule has 1 N–H and O–H groups in total. The number of piperazine rings is 1. The highest BCUT2D eigenvalue weighted by Crippen LogP contribution is 2.30. The number of carbonyl (C=O) groups is 1. The topological polar surface area (TPSA) is 35.6 Å². The summed E-state index contributed by atoms with van der Waals surface area (Å²) in [5, 5.41) is 2.99. The summed E-state index contributed by atoms with van der Waals surface area (Å²) in [6.45, 7) is 3.08. The summed E-state index contributed by atoms with van der Waals surface area (Å²) in [5.74, 6) is 0. The first-order valence-electron chi connectivity index (χ1n) is 9.86. The molecule has 1 unspecified atom stereocenters. The molecule has 2 amide bonds. The Bertz CT molecular complexity index is 923. The molecule has 0 spiro atoms. The van der Waals surface area contributed by atoms with Gasteiger partial charge in [0, 0.05) is 36.3 Å². The van der Waals surface area contributed by atoms with Crippen LogP contribution in [-0.2, 0) is 0 Å². The van der Waals surface area contributed by atoms with Gasteiger partial charge in [-0.3, -0.25) is 4.90 Å². The van der Waals surface area contributed by atoms with E-state index in [2.05, 4.69) is 74.7 Å². The lowest BCUT2D eigenvalue weighted by atomic mass is 9.96. The van der Waals surface area contributed by atoms with E-state index in [1.807, 2.05) is 41.3 Å². The number of carbonyl (C=O) groups excluding carboxylic acids is 1. The first-order valence-corrected chi connectivity index (χ1v) is 10.7. The van der Waals surface area contributed by atoms with Crippen molar-refractivity contribution in [3.63, 3.8) is 0 Å². The normalized spacial score (nSPS) is 15.7. The third kappa shape index (κ3) is 4.86. The third-order valence-electron chi connectivity index (χ3n) is 5.29. The number of halogens is 1. The highest BCUT2D eigenvalue weighted by Gasteiger charge is 2.28.